The van der Waals surface area contributed by atoms with E-state index < -0.39 is 0 Å². The Labute approximate surface area is 179 Å². The van der Waals surface area contributed by atoms with Gasteiger partial charge in [-0.1, -0.05) is 26.0 Å². The topological polar surface area (TPSA) is 43.6 Å². The Morgan fingerprint density at radius 1 is 1.07 bits per heavy atom. The summed E-state index contributed by atoms with van der Waals surface area (Å²) in [4.78, 5) is 16.5. The van der Waals surface area contributed by atoms with Gasteiger partial charge in [-0.25, -0.2) is 4.79 Å². The van der Waals surface area contributed by atoms with E-state index >= 15 is 0 Å². The van der Waals surface area contributed by atoms with Gasteiger partial charge in [0.05, 0.1) is 17.9 Å². The van der Waals surface area contributed by atoms with E-state index in [1.165, 1.54) is 5.56 Å². The maximum absolute atomic E-state index is 11.9. The number of hydrogen-bond acceptors (Lipinski definition) is 3. The van der Waals surface area contributed by atoms with E-state index in [0.29, 0.717) is 18.1 Å². The van der Waals surface area contributed by atoms with Crippen LogP contribution in [0.2, 0.25) is 0 Å². The summed E-state index contributed by atoms with van der Waals surface area (Å²) in [6.45, 7) is 10.8. The first kappa shape index (κ1) is 21.6. The fraction of sp³-hybridized carbons (Fsp3) is 0.308. The number of carbonyl (C=O) groups excluding carboxylic acids is 1. The first-order valence-corrected chi connectivity index (χ1v) is 10.5. The van der Waals surface area contributed by atoms with Crippen molar-refractivity contribution in [2.24, 2.45) is 4.99 Å². The highest BCUT2D eigenvalue weighted by atomic mass is 16.5. The molecule has 0 aliphatic heterocycles. The van der Waals surface area contributed by atoms with Crippen molar-refractivity contribution in [3.05, 3.63) is 82.7 Å². The molecule has 0 amide bonds. The van der Waals surface area contributed by atoms with Crippen LogP contribution in [0.25, 0.3) is 5.69 Å². The van der Waals surface area contributed by atoms with Crippen LogP contribution >= 0.6 is 0 Å². The summed E-state index contributed by atoms with van der Waals surface area (Å²) in [6.07, 6.45) is 3.06. The summed E-state index contributed by atoms with van der Waals surface area (Å²) >= 11 is 0. The molecule has 1 aromatic heterocycles. The number of hydrogen-bond donors (Lipinski definition) is 0. The zero-order chi connectivity index (χ0) is 21.7. The van der Waals surface area contributed by atoms with Gasteiger partial charge in [0, 0.05) is 28.9 Å². The van der Waals surface area contributed by atoms with Crippen LogP contribution < -0.4 is 0 Å². The number of esters is 1. The minimum Gasteiger partial charge on any atom is -0.462 e. The van der Waals surface area contributed by atoms with Crippen molar-refractivity contribution in [2.45, 2.75) is 47.0 Å². The Balaban J connectivity index is 1.82. The van der Waals surface area contributed by atoms with Crippen LogP contribution in [0, 0.1) is 13.8 Å². The van der Waals surface area contributed by atoms with Crippen molar-refractivity contribution in [2.75, 3.05) is 6.61 Å². The summed E-state index contributed by atoms with van der Waals surface area (Å²) in [5, 5.41) is 0. The van der Waals surface area contributed by atoms with Gasteiger partial charge in [-0.2, -0.15) is 0 Å². The summed E-state index contributed by atoms with van der Waals surface area (Å²) in [5.41, 5.74) is 7.17. The van der Waals surface area contributed by atoms with Crippen LogP contribution in [-0.2, 0) is 4.74 Å². The maximum atomic E-state index is 11.9. The Kier molecular flexibility index (Phi) is 6.88. The van der Waals surface area contributed by atoms with Gasteiger partial charge >= 0.3 is 5.97 Å². The van der Waals surface area contributed by atoms with Crippen molar-refractivity contribution >= 4 is 17.9 Å². The molecule has 0 N–H and O–H groups in total. The Morgan fingerprint density at radius 2 is 1.73 bits per heavy atom. The molecule has 3 aromatic rings. The standard InChI is InChI=1S/C26H30N2O2/c1-6-18(3)21-8-12-24(13-9-21)27-17-23-16-19(4)28(20(23)5)25-14-10-22(11-15-25)26(29)30-7-2/h8-18H,6-7H2,1-5H3. The van der Waals surface area contributed by atoms with E-state index in [1.54, 1.807) is 12.1 Å². The Bertz CT molecular complexity index is 1030. The third-order valence-corrected chi connectivity index (χ3v) is 5.53. The quantitative estimate of drug-likeness (QED) is 0.333. The van der Waals surface area contributed by atoms with Gasteiger partial charge in [-0.15, -0.1) is 0 Å². The highest BCUT2D eigenvalue weighted by Crippen LogP contribution is 2.23. The molecule has 3 rings (SSSR count). The zero-order valence-corrected chi connectivity index (χ0v) is 18.5. The van der Waals surface area contributed by atoms with Crippen molar-refractivity contribution in [1.29, 1.82) is 0 Å². The second-order valence-electron chi connectivity index (χ2n) is 7.59. The molecule has 0 saturated carbocycles. The number of aromatic nitrogens is 1. The van der Waals surface area contributed by atoms with Gasteiger partial charge in [0.2, 0.25) is 0 Å². The van der Waals surface area contributed by atoms with Crippen LogP contribution in [0.1, 0.15) is 66.0 Å². The molecule has 0 saturated heterocycles. The molecule has 0 radical (unpaired) electrons. The second kappa shape index (κ2) is 9.57. The first-order valence-electron chi connectivity index (χ1n) is 10.5. The smallest absolute Gasteiger partial charge is 0.338 e. The van der Waals surface area contributed by atoms with Gasteiger partial charge in [0.15, 0.2) is 0 Å². The molecule has 30 heavy (non-hydrogen) atoms. The molecule has 1 unspecified atom stereocenters. The molecular weight excluding hydrogens is 372 g/mol. The van der Waals surface area contributed by atoms with Crippen molar-refractivity contribution < 1.29 is 9.53 Å². The lowest BCUT2D eigenvalue weighted by molar-refractivity contribution is 0.0526. The lowest BCUT2D eigenvalue weighted by Gasteiger charge is -2.10. The van der Waals surface area contributed by atoms with E-state index in [-0.39, 0.29) is 5.97 Å². The van der Waals surface area contributed by atoms with Crippen molar-refractivity contribution in [3.8, 4) is 5.69 Å². The van der Waals surface area contributed by atoms with Crippen LogP contribution in [-0.4, -0.2) is 23.4 Å². The van der Waals surface area contributed by atoms with E-state index in [2.05, 4.69) is 67.6 Å². The molecule has 4 heteroatoms. The first-order chi connectivity index (χ1) is 14.4. The van der Waals surface area contributed by atoms with Crippen LogP contribution in [0.5, 0.6) is 0 Å². The normalized spacial score (nSPS) is 12.3. The number of ether oxygens (including phenoxy) is 1. The van der Waals surface area contributed by atoms with E-state index in [4.69, 9.17) is 4.74 Å². The fourth-order valence-electron chi connectivity index (χ4n) is 3.55. The van der Waals surface area contributed by atoms with Gasteiger partial charge < -0.3 is 9.30 Å². The van der Waals surface area contributed by atoms with E-state index in [1.807, 2.05) is 25.3 Å². The van der Waals surface area contributed by atoms with E-state index in [9.17, 15) is 4.79 Å². The number of aryl methyl sites for hydroxylation is 1. The largest absolute Gasteiger partial charge is 0.462 e. The molecule has 4 nitrogen and oxygen atoms in total. The summed E-state index contributed by atoms with van der Waals surface area (Å²) < 4.78 is 7.23. The third kappa shape index (κ3) is 4.70. The van der Waals surface area contributed by atoms with Crippen LogP contribution in [0.15, 0.2) is 59.6 Å². The molecule has 1 atom stereocenters. The minimum atomic E-state index is -0.294. The molecule has 0 spiro atoms. The van der Waals surface area contributed by atoms with Crippen LogP contribution in [0.4, 0.5) is 5.69 Å². The highest BCUT2D eigenvalue weighted by Gasteiger charge is 2.11. The Morgan fingerprint density at radius 3 is 2.33 bits per heavy atom. The molecule has 0 fully saturated rings. The summed E-state index contributed by atoms with van der Waals surface area (Å²) in [5.74, 6) is 0.273. The average molecular weight is 403 g/mol. The molecular formula is C26H30N2O2. The van der Waals surface area contributed by atoms with Gasteiger partial charge in [-0.05, 0) is 81.1 Å². The fourth-order valence-corrected chi connectivity index (χ4v) is 3.55. The van der Waals surface area contributed by atoms with Gasteiger partial charge in [0.1, 0.15) is 0 Å². The molecule has 0 aliphatic carbocycles. The SMILES string of the molecule is CCOC(=O)c1ccc(-n2c(C)cc(C=Nc3ccc(C(C)CC)cc3)c2C)cc1. The number of aliphatic imine (C=N–C) groups is 1. The maximum Gasteiger partial charge on any atom is 0.338 e. The number of rotatable bonds is 7. The molecule has 2 aromatic carbocycles. The molecule has 0 aliphatic rings. The zero-order valence-electron chi connectivity index (χ0n) is 18.5. The van der Waals surface area contributed by atoms with Gasteiger partial charge in [0.25, 0.3) is 0 Å². The van der Waals surface area contributed by atoms with Crippen molar-refractivity contribution in [1.82, 2.24) is 4.57 Å². The monoisotopic (exact) mass is 402 g/mol. The highest BCUT2D eigenvalue weighted by molar-refractivity contribution is 5.89. The number of benzene rings is 2. The average Bonchev–Trinajstić information content (AvgIpc) is 3.05. The lowest BCUT2D eigenvalue weighted by atomic mass is 9.99. The number of nitrogens with zero attached hydrogens (tertiary/aromatic N) is 2. The van der Waals surface area contributed by atoms with Crippen LogP contribution in [0.3, 0.4) is 0 Å². The summed E-state index contributed by atoms with van der Waals surface area (Å²) in [6, 6.07) is 18.1. The predicted molar refractivity (Wildman–Crippen MR) is 124 cm³/mol. The van der Waals surface area contributed by atoms with Crippen molar-refractivity contribution in [3.63, 3.8) is 0 Å². The lowest BCUT2D eigenvalue weighted by Crippen LogP contribution is -2.05. The predicted octanol–water partition coefficient (Wildman–Crippen LogP) is 6.53. The third-order valence-electron chi connectivity index (χ3n) is 5.53. The van der Waals surface area contributed by atoms with E-state index in [0.717, 1.165) is 34.7 Å². The Hall–Kier alpha value is -3.14. The molecule has 156 valence electrons. The summed E-state index contributed by atoms with van der Waals surface area (Å²) in [7, 11) is 0. The minimum absolute atomic E-state index is 0.294. The molecule has 0 bridgehead atoms. The number of carbonyl (C=O) groups is 1. The second-order valence-corrected chi connectivity index (χ2v) is 7.59. The molecule has 1 heterocycles. The van der Waals surface area contributed by atoms with Gasteiger partial charge in [-0.3, -0.25) is 4.99 Å².